The Morgan fingerprint density at radius 3 is 2.94 bits per heavy atom. The molecule has 0 unspecified atom stereocenters. The third-order valence-corrected chi connectivity index (χ3v) is 2.40. The molecule has 0 saturated heterocycles. The molecule has 0 aliphatic heterocycles. The van der Waals surface area contributed by atoms with E-state index in [4.69, 9.17) is 4.74 Å². The molecule has 2 rings (SSSR count). The topological polar surface area (TPSA) is 86.7 Å². The Labute approximate surface area is 102 Å². The normalized spacial score (nSPS) is 10.6. The summed E-state index contributed by atoms with van der Waals surface area (Å²) in [6.07, 6.45) is 1.51. The summed E-state index contributed by atoms with van der Waals surface area (Å²) in [6, 6.07) is 3.37. The quantitative estimate of drug-likeness (QED) is 0.469. The molecule has 0 amide bonds. The van der Waals surface area contributed by atoms with E-state index in [1.54, 1.807) is 19.1 Å². The van der Waals surface area contributed by atoms with Gasteiger partial charge in [0.15, 0.2) is 0 Å². The zero-order chi connectivity index (χ0) is 13.3. The minimum Gasteiger partial charge on any atom is -0.461 e. The molecule has 7 nitrogen and oxygen atoms in total. The number of hydrogen-bond donors (Lipinski definition) is 0. The Bertz CT molecular complexity index is 632. The van der Waals surface area contributed by atoms with Gasteiger partial charge in [-0.3, -0.25) is 0 Å². The van der Waals surface area contributed by atoms with Crippen LogP contribution in [0, 0.1) is 17.0 Å². The number of aromatic nitrogens is 2. The summed E-state index contributed by atoms with van der Waals surface area (Å²) in [7, 11) is 0. The van der Waals surface area contributed by atoms with Crippen molar-refractivity contribution in [3.05, 3.63) is 39.7 Å². The number of hydrogen-bond acceptors (Lipinski definition) is 5. The summed E-state index contributed by atoms with van der Waals surface area (Å²) in [6.45, 7) is 3.61. The zero-order valence-electron chi connectivity index (χ0n) is 9.91. The Morgan fingerprint density at radius 2 is 2.33 bits per heavy atom. The first kappa shape index (κ1) is 12.0. The molecule has 2 heterocycles. The lowest BCUT2D eigenvalue weighted by Gasteiger charge is -1.98. The molecule has 0 fully saturated rings. The maximum absolute atomic E-state index is 11.6. The van der Waals surface area contributed by atoms with Crippen LogP contribution in [-0.2, 0) is 4.74 Å². The van der Waals surface area contributed by atoms with E-state index < -0.39 is 10.9 Å². The van der Waals surface area contributed by atoms with Gasteiger partial charge in [-0.2, -0.15) is 9.38 Å². The molecule has 2 aromatic rings. The van der Waals surface area contributed by atoms with E-state index in [9.17, 15) is 14.9 Å². The molecule has 0 saturated carbocycles. The maximum atomic E-state index is 11.6. The Kier molecular flexibility index (Phi) is 2.97. The number of imidazole rings is 1. The van der Waals surface area contributed by atoms with Gasteiger partial charge in [-0.25, -0.2) is 4.79 Å². The van der Waals surface area contributed by atoms with E-state index in [2.05, 4.69) is 4.98 Å². The van der Waals surface area contributed by atoms with Crippen LogP contribution in [0.2, 0.25) is 0 Å². The average Bonchev–Trinajstić information content (AvgIpc) is 2.67. The number of aryl methyl sites for hydroxylation is 1. The van der Waals surface area contributed by atoms with Crippen LogP contribution in [0.15, 0.2) is 18.3 Å². The third kappa shape index (κ3) is 1.90. The van der Waals surface area contributed by atoms with Crippen LogP contribution in [0.3, 0.4) is 0 Å². The second-order valence-corrected chi connectivity index (χ2v) is 3.69. The van der Waals surface area contributed by atoms with E-state index >= 15 is 0 Å². The molecule has 0 radical (unpaired) electrons. The van der Waals surface area contributed by atoms with Crippen molar-refractivity contribution in [3.8, 4) is 0 Å². The molecule has 94 valence electrons. The van der Waals surface area contributed by atoms with Gasteiger partial charge in [0.2, 0.25) is 11.3 Å². The van der Waals surface area contributed by atoms with Crippen LogP contribution in [-0.4, -0.2) is 26.9 Å². The van der Waals surface area contributed by atoms with Crippen LogP contribution in [0.4, 0.5) is 5.82 Å². The summed E-state index contributed by atoms with van der Waals surface area (Å²) < 4.78 is 6.02. The lowest BCUT2D eigenvalue weighted by molar-refractivity contribution is -0.390. The number of fused-ring (bicyclic) bond motifs is 1. The molecule has 2 aromatic heterocycles. The first-order valence-corrected chi connectivity index (χ1v) is 5.34. The van der Waals surface area contributed by atoms with Crippen molar-refractivity contribution in [2.45, 2.75) is 13.8 Å². The van der Waals surface area contributed by atoms with E-state index in [1.807, 2.05) is 6.92 Å². The van der Waals surface area contributed by atoms with Crippen LogP contribution >= 0.6 is 0 Å². The highest BCUT2D eigenvalue weighted by atomic mass is 16.6. The lowest BCUT2D eigenvalue weighted by Crippen LogP contribution is -2.08. The number of pyridine rings is 1. The van der Waals surface area contributed by atoms with Gasteiger partial charge in [0.25, 0.3) is 0 Å². The fourth-order valence-electron chi connectivity index (χ4n) is 1.64. The van der Waals surface area contributed by atoms with Crippen LogP contribution in [0.25, 0.3) is 5.65 Å². The van der Waals surface area contributed by atoms with E-state index in [0.29, 0.717) is 5.65 Å². The number of esters is 1. The minimum atomic E-state index is -0.787. The highest BCUT2D eigenvalue weighted by molar-refractivity contribution is 5.92. The largest absolute Gasteiger partial charge is 0.461 e. The molecule has 0 aliphatic carbocycles. The van der Waals surface area contributed by atoms with E-state index in [-0.39, 0.29) is 18.1 Å². The maximum Gasteiger partial charge on any atom is 0.365 e. The van der Waals surface area contributed by atoms with Crippen LogP contribution in [0.1, 0.15) is 23.0 Å². The van der Waals surface area contributed by atoms with Crippen LogP contribution in [0.5, 0.6) is 0 Å². The van der Waals surface area contributed by atoms with Gasteiger partial charge in [-0.05, 0) is 30.4 Å². The van der Waals surface area contributed by atoms with Crippen molar-refractivity contribution in [3.63, 3.8) is 0 Å². The highest BCUT2D eigenvalue weighted by Gasteiger charge is 2.28. The van der Waals surface area contributed by atoms with Gasteiger partial charge in [-0.15, -0.1) is 0 Å². The van der Waals surface area contributed by atoms with Crippen molar-refractivity contribution in [1.29, 1.82) is 0 Å². The second kappa shape index (κ2) is 4.44. The minimum absolute atomic E-state index is 0.142. The summed E-state index contributed by atoms with van der Waals surface area (Å²) in [4.78, 5) is 26.0. The van der Waals surface area contributed by atoms with Gasteiger partial charge in [0, 0.05) is 6.07 Å². The standard InChI is InChI=1S/C11H11N3O4/c1-3-18-11(15)9-10(14(16)17)13-5-4-7(2)6-8(13)12-9/h4-6H,3H2,1-2H3. The zero-order valence-corrected chi connectivity index (χ0v) is 9.91. The molecule has 0 bridgehead atoms. The summed E-state index contributed by atoms with van der Waals surface area (Å²) in [5.74, 6) is -1.16. The smallest absolute Gasteiger partial charge is 0.365 e. The molecule has 0 atom stereocenters. The Balaban J connectivity index is 2.68. The molecule has 18 heavy (non-hydrogen) atoms. The van der Waals surface area contributed by atoms with Crippen molar-refractivity contribution >= 4 is 17.4 Å². The van der Waals surface area contributed by atoms with Gasteiger partial charge < -0.3 is 14.9 Å². The first-order chi connectivity index (χ1) is 8.54. The summed E-state index contributed by atoms with van der Waals surface area (Å²) in [5.41, 5.74) is 0.981. The molecule has 0 N–H and O–H groups in total. The van der Waals surface area contributed by atoms with E-state index in [0.717, 1.165) is 5.56 Å². The van der Waals surface area contributed by atoms with Crippen molar-refractivity contribution in [2.24, 2.45) is 0 Å². The number of carbonyl (C=O) groups excluding carboxylic acids is 1. The third-order valence-electron chi connectivity index (χ3n) is 2.40. The fourth-order valence-corrected chi connectivity index (χ4v) is 1.64. The summed E-state index contributed by atoms with van der Waals surface area (Å²) >= 11 is 0. The van der Waals surface area contributed by atoms with Crippen molar-refractivity contribution < 1.29 is 14.5 Å². The SMILES string of the molecule is CCOC(=O)c1nc2cc(C)ccn2c1[N+](=O)[O-]. The second-order valence-electron chi connectivity index (χ2n) is 3.69. The van der Waals surface area contributed by atoms with Crippen molar-refractivity contribution in [1.82, 2.24) is 9.38 Å². The predicted octanol–water partition coefficient (Wildman–Crippen LogP) is 1.73. The Morgan fingerprint density at radius 1 is 1.61 bits per heavy atom. The van der Waals surface area contributed by atoms with Gasteiger partial charge >= 0.3 is 11.8 Å². The number of nitro groups is 1. The molecular weight excluding hydrogens is 238 g/mol. The van der Waals surface area contributed by atoms with Gasteiger partial charge in [0.1, 0.15) is 0 Å². The van der Waals surface area contributed by atoms with Gasteiger partial charge in [0.05, 0.1) is 12.8 Å². The monoisotopic (exact) mass is 249 g/mol. The fraction of sp³-hybridized carbons (Fsp3) is 0.273. The van der Waals surface area contributed by atoms with Crippen LogP contribution < -0.4 is 0 Å². The molecule has 7 heteroatoms. The average molecular weight is 249 g/mol. The van der Waals surface area contributed by atoms with Gasteiger partial charge in [-0.1, -0.05) is 0 Å². The molecule has 0 aromatic carbocycles. The molecule has 0 aliphatic rings. The Hall–Kier alpha value is -2.44. The number of nitrogens with zero attached hydrogens (tertiary/aromatic N) is 3. The number of rotatable bonds is 3. The highest BCUT2D eigenvalue weighted by Crippen LogP contribution is 2.22. The van der Waals surface area contributed by atoms with Crippen molar-refractivity contribution in [2.75, 3.05) is 6.61 Å². The first-order valence-electron chi connectivity index (χ1n) is 5.34. The molecule has 0 spiro atoms. The predicted molar refractivity (Wildman–Crippen MR) is 62.5 cm³/mol. The number of ether oxygens (including phenoxy) is 1. The summed E-state index contributed by atoms with van der Waals surface area (Å²) in [5, 5.41) is 11.0. The lowest BCUT2D eigenvalue weighted by atomic mass is 10.3. The van der Waals surface area contributed by atoms with E-state index in [1.165, 1.54) is 10.6 Å². The molecular formula is C11H11N3O4. The number of carbonyl (C=O) groups is 1.